The number of carbonyl (C=O) groups excluding carboxylic acids is 1. The Bertz CT molecular complexity index is 411. The SMILES string of the molecule is CCSc1ccc(C)cc1C(=O)C1CCCN1. The van der Waals surface area contributed by atoms with Crippen LogP contribution in [0.25, 0.3) is 0 Å². The van der Waals surface area contributed by atoms with Crippen molar-refractivity contribution in [2.24, 2.45) is 0 Å². The summed E-state index contributed by atoms with van der Waals surface area (Å²) in [5.74, 6) is 1.27. The molecule has 1 fully saturated rings. The van der Waals surface area contributed by atoms with E-state index in [1.54, 1.807) is 11.8 Å². The number of nitrogens with one attached hydrogen (secondary N) is 1. The summed E-state index contributed by atoms with van der Waals surface area (Å²) < 4.78 is 0. The number of hydrogen-bond donors (Lipinski definition) is 1. The van der Waals surface area contributed by atoms with Crippen molar-refractivity contribution in [2.45, 2.75) is 37.6 Å². The van der Waals surface area contributed by atoms with Crippen molar-refractivity contribution in [3.8, 4) is 0 Å². The maximum Gasteiger partial charge on any atom is 0.180 e. The third-order valence-electron chi connectivity index (χ3n) is 3.08. The number of Topliss-reactive ketones (excluding diaryl/α,β-unsaturated/α-hetero) is 1. The third-order valence-corrected chi connectivity index (χ3v) is 4.03. The van der Waals surface area contributed by atoms with Crippen molar-refractivity contribution < 1.29 is 4.79 Å². The smallest absolute Gasteiger partial charge is 0.180 e. The topological polar surface area (TPSA) is 29.1 Å². The van der Waals surface area contributed by atoms with Gasteiger partial charge in [-0.05, 0) is 44.2 Å². The van der Waals surface area contributed by atoms with E-state index in [0.29, 0.717) is 0 Å². The van der Waals surface area contributed by atoms with Crippen LogP contribution in [0.1, 0.15) is 35.7 Å². The van der Waals surface area contributed by atoms with E-state index >= 15 is 0 Å². The van der Waals surface area contributed by atoms with Gasteiger partial charge in [-0.15, -0.1) is 11.8 Å². The zero-order valence-electron chi connectivity index (χ0n) is 10.5. The molecule has 3 heteroatoms. The maximum absolute atomic E-state index is 12.4. The summed E-state index contributed by atoms with van der Waals surface area (Å²) in [6, 6.07) is 6.22. The molecule has 0 saturated carbocycles. The van der Waals surface area contributed by atoms with Crippen molar-refractivity contribution in [3.63, 3.8) is 0 Å². The molecule has 0 spiro atoms. The second-order valence-corrected chi connectivity index (χ2v) is 5.75. The van der Waals surface area contributed by atoms with E-state index in [9.17, 15) is 4.79 Å². The van der Waals surface area contributed by atoms with Crippen molar-refractivity contribution in [2.75, 3.05) is 12.3 Å². The standard InChI is InChI=1S/C14H19NOS/c1-3-17-13-7-6-10(2)9-11(13)14(16)12-5-4-8-15-12/h6-7,9,12,15H,3-5,8H2,1-2H3. The summed E-state index contributed by atoms with van der Waals surface area (Å²) in [6.07, 6.45) is 2.08. The van der Waals surface area contributed by atoms with Gasteiger partial charge in [0, 0.05) is 10.5 Å². The van der Waals surface area contributed by atoms with Gasteiger partial charge in [-0.3, -0.25) is 4.79 Å². The molecule has 2 nitrogen and oxygen atoms in total. The summed E-state index contributed by atoms with van der Waals surface area (Å²) >= 11 is 1.75. The number of benzene rings is 1. The van der Waals surface area contributed by atoms with Crippen LogP contribution in [0, 0.1) is 6.92 Å². The fraction of sp³-hybridized carbons (Fsp3) is 0.500. The van der Waals surface area contributed by atoms with Crippen LogP contribution in [0.4, 0.5) is 0 Å². The highest BCUT2D eigenvalue weighted by molar-refractivity contribution is 7.99. The summed E-state index contributed by atoms with van der Waals surface area (Å²) in [7, 11) is 0. The first kappa shape index (κ1) is 12.7. The maximum atomic E-state index is 12.4. The van der Waals surface area contributed by atoms with Crippen LogP contribution in [-0.4, -0.2) is 24.1 Å². The molecule has 0 amide bonds. The van der Waals surface area contributed by atoms with Crippen LogP contribution < -0.4 is 5.32 Å². The van der Waals surface area contributed by atoms with Gasteiger partial charge in [-0.1, -0.05) is 18.6 Å². The molecule has 92 valence electrons. The fourth-order valence-corrected chi connectivity index (χ4v) is 3.00. The molecule has 2 rings (SSSR count). The Morgan fingerprint density at radius 1 is 1.53 bits per heavy atom. The molecular formula is C14H19NOS. The highest BCUT2D eigenvalue weighted by Gasteiger charge is 2.25. The number of hydrogen-bond acceptors (Lipinski definition) is 3. The molecule has 0 radical (unpaired) electrons. The number of aryl methyl sites for hydroxylation is 1. The van der Waals surface area contributed by atoms with E-state index in [-0.39, 0.29) is 11.8 Å². The molecule has 17 heavy (non-hydrogen) atoms. The quantitative estimate of drug-likeness (QED) is 0.657. The third kappa shape index (κ3) is 2.90. The van der Waals surface area contributed by atoms with Crippen molar-refractivity contribution in [1.82, 2.24) is 5.32 Å². The Labute approximate surface area is 107 Å². The average Bonchev–Trinajstić information content (AvgIpc) is 2.84. The van der Waals surface area contributed by atoms with Gasteiger partial charge < -0.3 is 5.32 Å². The lowest BCUT2D eigenvalue weighted by atomic mass is 10.0. The average molecular weight is 249 g/mol. The van der Waals surface area contributed by atoms with E-state index in [2.05, 4.69) is 24.4 Å². The molecule has 0 aliphatic carbocycles. The van der Waals surface area contributed by atoms with Crippen LogP contribution in [-0.2, 0) is 0 Å². The minimum Gasteiger partial charge on any atom is -0.307 e. The van der Waals surface area contributed by atoms with E-state index in [1.807, 2.05) is 13.0 Å². The first-order valence-electron chi connectivity index (χ1n) is 6.23. The molecule has 1 saturated heterocycles. The van der Waals surface area contributed by atoms with Crippen LogP contribution in [0.15, 0.2) is 23.1 Å². The largest absolute Gasteiger partial charge is 0.307 e. The Morgan fingerprint density at radius 2 is 2.35 bits per heavy atom. The van der Waals surface area contributed by atoms with Gasteiger partial charge in [0.2, 0.25) is 0 Å². The van der Waals surface area contributed by atoms with Crippen molar-refractivity contribution >= 4 is 17.5 Å². The number of carbonyl (C=O) groups is 1. The fourth-order valence-electron chi connectivity index (χ4n) is 2.21. The molecule has 1 N–H and O–H groups in total. The van der Waals surface area contributed by atoms with Gasteiger partial charge >= 0.3 is 0 Å². The summed E-state index contributed by atoms with van der Waals surface area (Å²) in [4.78, 5) is 13.5. The number of ketones is 1. The van der Waals surface area contributed by atoms with E-state index in [1.165, 1.54) is 0 Å². The van der Waals surface area contributed by atoms with Crippen LogP contribution in [0.3, 0.4) is 0 Å². The zero-order valence-corrected chi connectivity index (χ0v) is 11.3. The Hall–Kier alpha value is -0.800. The zero-order chi connectivity index (χ0) is 12.3. The predicted molar refractivity (Wildman–Crippen MR) is 72.9 cm³/mol. The predicted octanol–water partition coefficient (Wildman–Crippen LogP) is 3.04. The Morgan fingerprint density at radius 3 is 3.00 bits per heavy atom. The minimum atomic E-state index is 0.0352. The van der Waals surface area contributed by atoms with Gasteiger partial charge in [0.25, 0.3) is 0 Å². The molecule has 1 aromatic carbocycles. The molecule has 1 unspecified atom stereocenters. The van der Waals surface area contributed by atoms with Crippen LogP contribution in [0.2, 0.25) is 0 Å². The van der Waals surface area contributed by atoms with Crippen LogP contribution in [0.5, 0.6) is 0 Å². The second kappa shape index (κ2) is 5.69. The number of thioether (sulfide) groups is 1. The monoisotopic (exact) mass is 249 g/mol. The molecule has 0 bridgehead atoms. The van der Waals surface area contributed by atoms with E-state index in [4.69, 9.17) is 0 Å². The summed E-state index contributed by atoms with van der Waals surface area (Å²) in [5, 5.41) is 3.28. The minimum absolute atomic E-state index is 0.0352. The summed E-state index contributed by atoms with van der Waals surface area (Å²) in [6.45, 7) is 5.13. The highest BCUT2D eigenvalue weighted by Crippen LogP contribution is 2.26. The molecule has 1 aliphatic rings. The first-order valence-corrected chi connectivity index (χ1v) is 7.22. The van der Waals surface area contributed by atoms with E-state index < -0.39 is 0 Å². The van der Waals surface area contributed by atoms with Gasteiger partial charge in [-0.2, -0.15) is 0 Å². The van der Waals surface area contributed by atoms with Crippen molar-refractivity contribution in [1.29, 1.82) is 0 Å². The van der Waals surface area contributed by atoms with Gasteiger partial charge in [-0.25, -0.2) is 0 Å². The lowest BCUT2D eigenvalue weighted by molar-refractivity contribution is 0.0949. The molecule has 0 aromatic heterocycles. The molecule has 1 aromatic rings. The normalized spacial score (nSPS) is 19.5. The molecular weight excluding hydrogens is 230 g/mol. The lowest BCUT2D eigenvalue weighted by Gasteiger charge is -2.13. The van der Waals surface area contributed by atoms with Gasteiger partial charge in [0.1, 0.15) is 0 Å². The lowest BCUT2D eigenvalue weighted by Crippen LogP contribution is -2.31. The molecule has 1 heterocycles. The number of rotatable bonds is 4. The Kier molecular flexibility index (Phi) is 4.24. The van der Waals surface area contributed by atoms with Gasteiger partial charge in [0.05, 0.1) is 6.04 Å². The van der Waals surface area contributed by atoms with E-state index in [0.717, 1.165) is 41.2 Å². The molecule has 1 aliphatic heterocycles. The van der Waals surface area contributed by atoms with Crippen molar-refractivity contribution in [3.05, 3.63) is 29.3 Å². The Balaban J connectivity index is 2.28. The highest BCUT2D eigenvalue weighted by atomic mass is 32.2. The first-order chi connectivity index (χ1) is 8.22. The second-order valence-electron chi connectivity index (χ2n) is 4.45. The summed E-state index contributed by atoms with van der Waals surface area (Å²) in [5.41, 5.74) is 2.06. The van der Waals surface area contributed by atoms with Crippen LogP contribution >= 0.6 is 11.8 Å². The molecule has 1 atom stereocenters. The van der Waals surface area contributed by atoms with Gasteiger partial charge in [0.15, 0.2) is 5.78 Å².